The van der Waals surface area contributed by atoms with Gasteiger partial charge in [0.05, 0.1) is 19.3 Å². The van der Waals surface area contributed by atoms with Crippen LogP contribution >= 0.6 is 15.6 Å². The first kappa shape index (κ1) is 28.7. The van der Waals surface area contributed by atoms with Crippen LogP contribution in [0, 0.1) is 0 Å². The van der Waals surface area contributed by atoms with Crippen molar-refractivity contribution in [2.75, 3.05) is 13.2 Å². The summed E-state index contributed by atoms with van der Waals surface area (Å²) in [5.74, 6) is 0. The van der Waals surface area contributed by atoms with Crippen LogP contribution in [0.2, 0.25) is 0 Å². The SMILES string of the molecule is O=CN[C@H]1CO[C@H](OP(=O)(O)OP(=O)(O)OC[C@H]2O[C@@H](n3ccc(=O)[nH]c3=O)[C@H](O)[C@@H]2O)[C@H](O)[C@H]1O. The lowest BCUT2D eigenvalue weighted by Crippen LogP contribution is -2.58. The number of carbonyl (C=O) groups excluding carboxylic acids is 1. The minimum absolute atomic E-state index is 0.218. The fourth-order valence-corrected chi connectivity index (χ4v) is 5.49. The van der Waals surface area contributed by atoms with Gasteiger partial charge in [0.1, 0.15) is 30.5 Å². The van der Waals surface area contributed by atoms with Gasteiger partial charge in [-0.3, -0.25) is 28.2 Å². The Kier molecular flexibility index (Phi) is 9.00. The number of amides is 1. The average molecular weight is 563 g/mol. The summed E-state index contributed by atoms with van der Waals surface area (Å²) >= 11 is 0. The highest BCUT2D eigenvalue weighted by atomic mass is 31.3. The monoisotopic (exact) mass is 563 g/mol. The number of H-pyrrole nitrogens is 1. The second-order valence-electron chi connectivity index (χ2n) is 7.56. The van der Waals surface area contributed by atoms with Crippen LogP contribution in [0.3, 0.4) is 0 Å². The number of nitrogens with zero attached hydrogens (tertiary/aromatic N) is 1. The van der Waals surface area contributed by atoms with Crippen molar-refractivity contribution in [3.05, 3.63) is 33.1 Å². The molecule has 2 aliphatic rings. The van der Waals surface area contributed by atoms with E-state index in [1.165, 1.54) is 0 Å². The van der Waals surface area contributed by atoms with Gasteiger partial charge in [-0.1, -0.05) is 0 Å². The number of phosphoric ester groups is 2. The first-order valence-electron chi connectivity index (χ1n) is 9.95. The Balaban J connectivity index is 1.58. The summed E-state index contributed by atoms with van der Waals surface area (Å²) in [5, 5.41) is 42.2. The lowest BCUT2D eigenvalue weighted by atomic mass is 10.0. The maximum Gasteiger partial charge on any atom is 0.483 e. The zero-order valence-electron chi connectivity index (χ0n) is 17.9. The van der Waals surface area contributed by atoms with E-state index in [2.05, 4.69) is 18.7 Å². The Hall–Kier alpha value is -1.83. The van der Waals surface area contributed by atoms with Gasteiger partial charge in [0.2, 0.25) is 6.41 Å². The molecule has 2 fully saturated rings. The number of aromatic nitrogens is 2. The van der Waals surface area contributed by atoms with Gasteiger partial charge in [0.15, 0.2) is 12.5 Å². The highest BCUT2D eigenvalue weighted by Gasteiger charge is 2.48. The molecule has 2 saturated heterocycles. The van der Waals surface area contributed by atoms with E-state index in [4.69, 9.17) is 9.47 Å². The maximum absolute atomic E-state index is 12.1. The van der Waals surface area contributed by atoms with Crippen molar-refractivity contribution in [3.8, 4) is 0 Å². The van der Waals surface area contributed by atoms with Gasteiger partial charge in [-0.05, 0) is 0 Å². The number of aliphatic hydroxyl groups excluding tert-OH is 4. The summed E-state index contributed by atoms with van der Waals surface area (Å²) in [6.07, 6.45) is -11.1. The number of ether oxygens (including phenoxy) is 2. The van der Waals surface area contributed by atoms with Gasteiger partial charge in [-0.15, -0.1) is 0 Å². The third-order valence-electron chi connectivity index (χ3n) is 5.07. The van der Waals surface area contributed by atoms with Crippen LogP contribution in [0.1, 0.15) is 6.23 Å². The molecular formula is C15H23N3O16P2. The first-order chi connectivity index (χ1) is 16.7. The van der Waals surface area contributed by atoms with E-state index in [9.17, 15) is 53.7 Å². The minimum Gasteiger partial charge on any atom is -0.388 e. The van der Waals surface area contributed by atoms with Crippen LogP contribution in [-0.2, 0) is 36.8 Å². The summed E-state index contributed by atoms with van der Waals surface area (Å²) in [6, 6.07) is -0.139. The number of carbonyl (C=O) groups is 1. The van der Waals surface area contributed by atoms with Gasteiger partial charge >= 0.3 is 21.3 Å². The van der Waals surface area contributed by atoms with Gasteiger partial charge in [0, 0.05) is 12.3 Å². The Labute approximate surface area is 200 Å². The first-order valence-corrected chi connectivity index (χ1v) is 12.9. The molecule has 21 heteroatoms. The topological polar surface area (TPSA) is 286 Å². The molecule has 0 spiro atoms. The summed E-state index contributed by atoms with van der Waals surface area (Å²) in [6.45, 7) is -1.46. The minimum atomic E-state index is -5.50. The zero-order chi connectivity index (χ0) is 26.8. The smallest absolute Gasteiger partial charge is 0.388 e. The Morgan fingerprint density at radius 2 is 1.81 bits per heavy atom. The molecule has 0 aliphatic carbocycles. The molecule has 0 bridgehead atoms. The summed E-state index contributed by atoms with van der Waals surface area (Å²) in [4.78, 5) is 55.0. The molecule has 3 heterocycles. The molecular weight excluding hydrogens is 540 g/mol. The fourth-order valence-electron chi connectivity index (χ4n) is 3.32. The predicted molar refractivity (Wildman–Crippen MR) is 110 cm³/mol. The Morgan fingerprint density at radius 1 is 1.11 bits per heavy atom. The van der Waals surface area contributed by atoms with Gasteiger partial charge in [-0.2, -0.15) is 4.31 Å². The summed E-state index contributed by atoms with van der Waals surface area (Å²) in [5.41, 5.74) is -1.73. The van der Waals surface area contributed by atoms with E-state index in [0.717, 1.165) is 16.8 Å². The summed E-state index contributed by atoms with van der Waals surface area (Å²) in [7, 11) is -10.9. The summed E-state index contributed by atoms with van der Waals surface area (Å²) < 4.78 is 48.3. The van der Waals surface area contributed by atoms with Crippen LogP contribution in [0.4, 0.5) is 0 Å². The van der Waals surface area contributed by atoms with Crippen molar-refractivity contribution in [3.63, 3.8) is 0 Å². The van der Waals surface area contributed by atoms with Crippen LogP contribution in [0.15, 0.2) is 21.9 Å². The normalized spacial score (nSPS) is 36.1. The van der Waals surface area contributed by atoms with E-state index in [-0.39, 0.29) is 6.41 Å². The van der Waals surface area contributed by atoms with Crippen molar-refractivity contribution < 1.29 is 67.0 Å². The highest BCUT2D eigenvalue weighted by Crippen LogP contribution is 2.61. The fraction of sp³-hybridized carbons (Fsp3) is 0.667. The van der Waals surface area contributed by atoms with Crippen LogP contribution in [0.25, 0.3) is 0 Å². The van der Waals surface area contributed by atoms with Crippen LogP contribution in [0.5, 0.6) is 0 Å². The largest absolute Gasteiger partial charge is 0.483 e. The standard InChI is InChI=1S/C15H23N3O16P2/c19-5-16-6-3-30-14(12(24)9(6)21)33-36(28,29)34-35(26,27)31-4-7-10(22)11(23)13(32-7)18-2-1-8(20)17-15(18)25/h1-2,5-7,9-14,21-24H,3-4H2,(H,16,19)(H,26,27)(H,28,29)(H,17,20,25)/t6-,7+,9-,10+,11+,12+,13+,14+/m0/s1. The highest BCUT2D eigenvalue weighted by molar-refractivity contribution is 7.61. The number of aromatic amines is 1. The third-order valence-corrected chi connectivity index (χ3v) is 7.67. The van der Waals surface area contributed by atoms with Gasteiger partial charge in [0.25, 0.3) is 5.56 Å². The Morgan fingerprint density at radius 3 is 2.44 bits per heavy atom. The van der Waals surface area contributed by atoms with Crippen molar-refractivity contribution >= 4 is 22.1 Å². The number of phosphoric acid groups is 2. The predicted octanol–water partition coefficient (Wildman–Crippen LogP) is -4.40. The zero-order valence-corrected chi connectivity index (χ0v) is 19.7. The molecule has 10 atom stereocenters. The molecule has 1 aromatic rings. The lowest BCUT2D eigenvalue weighted by molar-refractivity contribution is -0.221. The molecule has 0 radical (unpaired) electrons. The van der Waals surface area contributed by atoms with Gasteiger partial charge in [-0.25, -0.2) is 13.9 Å². The molecule has 0 saturated carbocycles. The number of rotatable bonds is 10. The second-order valence-corrected chi connectivity index (χ2v) is 10.6. The van der Waals surface area contributed by atoms with Crippen molar-refractivity contribution in [1.29, 1.82) is 0 Å². The number of hydrogen-bond acceptors (Lipinski definition) is 14. The van der Waals surface area contributed by atoms with E-state index in [0.29, 0.717) is 0 Å². The van der Waals surface area contributed by atoms with Crippen molar-refractivity contribution in [1.82, 2.24) is 14.9 Å². The number of hydrogen-bond donors (Lipinski definition) is 8. The number of nitrogens with one attached hydrogen (secondary N) is 2. The molecule has 204 valence electrons. The van der Waals surface area contributed by atoms with E-state index in [1.54, 1.807) is 0 Å². The van der Waals surface area contributed by atoms with Crippen LogP contribution in [-0.4, -0.2) is 102 Å². The molecule has 1 amide bonds. The maximum atomic E-state index is 12.1. The number of aliphatic hydroxyl groups is 4. The Bertz CT molecular complexity index is 1140. The van der Waals surface area contributed by atoms with E-state index in [1.807, 2.05) is 4.98 Å². The van der Waals surface area contributed by atoms with Crippen molar-refractivity contribution in [2.24, 2.45) is 0 Å². The van der Waals surface area contributed by atoms with Crippen molar-refractivity contribution in [2.45, 2.75) is 49.1 Å². The third kappa shape index (κ3) is 6.73. The van der Waals surface area contributed by atoms with Gasteiger partial charge < -0.3 is 45.0 Å². The van der Waals surface area contributed by atoms with Crippen LogP contribution < -0.4 is 16.6 Å². The lowest BCUT2D eigenvalue weighted by Gasteiger charge is -2.37. The molecule has 19 nitrogen and oxygen atoms in total. The quantitative estimate of drug-likeness (QED) is 0.0985. The molecule has 1 aromatic heterocycles. The molecule has 8 N–H and O–H groups in total. The molecule has 0 aromatic carbocycles. The van der Waals surface area contributed by atoms with E-state index >= 15 is 0 Å². The molecule has 3 rings (SSSR count). The molecule has 2 unspecified atom stereocenters. The second kappa shape index (κ2) is 11.3. The van der Waals surface area contributed by atoms with E-state index < -0.39 is 89.2 Å². The average Bonchev–Trinajstić information content (AvgIpc) is 3.05. The molecule has 36 heavy (non-hydrogen) atoms. The molecule has 2 aliphatic heterocycles.